The Labute approximate surface area is 159 Å². The van der Waals surface area contributed by atoms with Crippen molar-refractivity contribution in [2.75, 3.05) is 11.9 Å². The molecule has 2 N–H and O–H groups in total. The van der Waals surface area contributed by atoms with Crippen LogP contribution < -0.4 is 15.4 Å². The van der Waals surface area contributed by atoms with Crippen LogP contribution in [0, 0.1) is 5.82 Å². The van der Waals surface area contributed by atoms with Gasteiger partial charge < -0.3 is 15.4 Å². The third kappa shape index (κ3) is 2.35. The molecule has 2 saturated carbocycles. The number of hydrogen-bond donors (Lipinski definition) is 2. The van der Waals surface area contributed by atoms with Gasteiger partial charge >= 0.3 is 0 Å². The number of halogens is 1. The number of pyridine rings is 1. The number of hydrogen-bond acceptors (Lipinski definition) is 6. The maximum atomic E-state index is 14.0. The van der Waals surface area contributed by atoms with Crippen LogP contribution in [0.5, 0.6) is 5.88 Å². The molecule has 2 aliphatic carbocycles. The van der Waals surface area contributed by atoms with Crippen LogP contribution in [-0.2, 0) is 5.54 Å². The second-order valence-corrected chi connectivity index (χ2v) is 7.88. The second-order valence-electron chi connectivity index (χ2n) is 7.88. The summed E-state index contributed by atoms with van der Waals surface area (Å²) in [6.45, 7) is 0.288. The molecule has 2 fully saturated rings. The van der Waals surface area contributed by atoms with Crippen molar-refractivity contribution in [3.63, 3.8) is 0 Å². The highest BCUT2D eigenvalue weighted by Crippen LogP contribution is 2.51. The van der Waals surface area contributed by atoms with Gasteiger partial charge in [-0.2, -0.15) is 5.10 Å². The fraction of sp³-hybridized carbons (Fsp3) is 0.368. The number of amides is 1. The summed E-state index contributed by atoms with van der Waals surface area (Å²) in [4.78, 5) is 21.6. The van der Waals surface area contributed by atoms with Crippen molar-refractivity contribution in [1.29, 1.82) is 0 Å². The maximum Gasteiger partial charge on any atom is 0.257 e. The van der Waals surface area contributed by atoms with Gasteiger partial charge in [-0.1, -0.05) is 0 Å². The van der Waals surface area contributed by atoms with Crippen LogP contribution in [0.3, 0.4) is 0 Å². The van der Waals surface area contributed by atoms with Crippen molar-refractivity contribution < 1.29 is 13.9 Å². The molecule has 2 spiro atoms. The molecule has 0 atom stereocenters. The van der Waals surface area contributed by atoms with E-state index in [4.69, 9.17) is 4.74 Å². The van der Waals surface area contributed by atoms with Crippen LogP contribution in [0.15, 0.2) is 30.7 Å². The zero-order valence-corrected chi connectivity index (χ0v) is 14.9. The molecule has 6 rings (SSSR count). The highest BCUT2D eigenvalue weighted by Gasteiger charge is 2.49. The zero-order chi connectivity index (χ0) is 18.9. The van der Waals surface area contributed by atoms with Gasteiger partial charge in [0.25, 0.3) is 5.91 Å². The van der Waals surface area contributed by atoms with E-state index in [0.29, 0.717) is 28.5 Å². The van der Waals surface area contributed by atoms with Gasteiger partial charge in [0.15, 0.2) is 5.65 Å². The minimum Gasteiger partial charge on any atom is -0.475 e. The molecule has 3 aromatic heterocycles. The van der Waals surface area contributed by atoms with Crippen molar-refractivity contribution in [3.05, 3.63) is 47.7 Å². The van der Waals surface area contributed by atoms with Gasteiger partial charge in [-0.25, -0.2) is 18.9 Å². The van der Waals surface area contributed by atoms with E-state index in [-0.39, 0.29) is 12.5 Å². The molecule has 3 aromatic rings. The minimum absolute atomic E-state index is 0.228. The van der Waals surface area contributed by atoms with Gasteiger partial charge in [-0.3, -0.25) is 4.79 Å². The number of ether oxygens (including phenoxy) is 1. The van der Waals surface area contributed by atoms with E-state index < -0.39 is 16.9 Å². The second kappa shape index (κ2) is 5.18. The molecule has 142 valence electrons. The normalized spacial score (nSPS) is 21.1. The van der Waals surface area contributed by atoms with E-state index >= 15 is 0 Å². The molecule has 0 aromatic carbocycles. The van der Waals surface area contributed by atoms with E-state index in [0.717, 1.165) is 31.9 Å². The molecule has 3 aliphatic rings. The van der Waals surface area contributed by atoms with Crippen LogP contribution in [0.1, 0.15) is 41.6 Å². The lowest BCUT2D eigenvalue weighted by atomic mass is 10.1. The molecule has 1 amide bonds. The SMILES string of the molecule is O=C1NC2(CC2)COc2ncc(F)cc2C2(CC2)Nc2ccn3ncc1c3n2. The molecule has 4 heterocycles. The molecule has 9 heteroatoms. The lowest BCUT2D eigenvalue weighted by Gasteiger charge is -2.22. The van der Waals surface area contributed by atoms with Crippen molar-refractivity contribution >= 4 is 17.4 Å². The van der Waals surface area contributed by atoms with Crippen molar-refractivity contribution in [2.45, 2.75) is 36.8 Å². The standard InChI is InChI=1S/C19H17FN6O2/c20-11-7-13-17(21-8-11)28-10-18(2-3-18)25-16(27)12-9-22-26-6-1-14(23-15(12)26)24-19(13)4-5-19/h1,6-9H,2-5,10H2,(H,23,24)(H,25,27). The summed E-state index contributed by atoms with van der Waals surface area (Å²) >= 11 is 0. The number of aromatic nitrogens is 4. The molecule has 2 bridgehead atoms. The van der Waals surface area contributed by atoms with E-state index in [1.165, 1.54) is 12.3 Å². The van der Waals surface area contributed by atoms with Gasteiger partial charge in [0.2, 0.25) is 5.88 Å². The average molecular weight is 380 g/mol. The summed E-state index contributed by atoms with van der Waals surface area (Å²) in [5.74, 6) is 0.356. The Kier molecular flexibility index (Phi) is 2.92. The number of rotatable bonds is 0. The lowest BCUT2D eigenvalue weighted by Crippen LogP contribution is -2.41. The quantitative estimate of drug-likeness (QED) is 0.620. The Morgan fingerprint density at radius 3 is 2.82 bits per heavy atom. The third-order valence-electron chi connectivity index (χ3n) is 5.78. The first-order valence-electron chi connectivity index (χ1n) is 9.30. The first kappa shape index (κ1) is 15.8. The van der Waals surface area contributed by atoms with Gasteiger partial charge in [-0.05, 0) is 37.8 Å². The molecule has 1 aliphatic heterocycles. The molecule has 0 unspecified atom stereocenters. The van der Waals surface area contributed by atoms with Crippen LogP contribution >= 0.6 is 0 Å². The summed E-state index contributed by atoms with van der Waals surface area (Å²) in [6, 6.07) is 3.26. The zero-order valence-electron chi connectivity index (χ0n) is 14.9. The summed E-state index contributed by atoms with van der Waals surface area (Å²) in [7, 11) is 0. The smallest absolute Gasteiger partial charge is 0.257 e. The highest BCUT2D eigenvalue weighted by molar-refractivity contribution is 6.00. The predicted octanol–water partition coefficient (Wildman–Crippen LogP) is 2.02. The largest absolute Gasteiger partial charge is 0.475 e. The van der Waals surface area contributed by atoms with Crippen LogP contribution in [0.4, 0.5) is 10.2 Å². The Morgan fingerprint density at radius 2 is 2.04 bits per heavy atom. The molecular weight excluding hydrogens is 363 g/mol. The molecule has 0 radical (unpaired) electrons. The Morgan fingerprint density at radius 1 is 1.18 bits per heavy atom. The topological polar surface area (TPSA) is 93.4 Å². The van der Waals surface area contributed by atoms with Crippen molar-refractivity contribution in [2.24, 2.45) is 0 Å². The summed E-state index contributed by atoms with van der Waals surface area (Å²) < 4.78 is 21.6. The summed E-state index contributed by atoms with van der Waals surface area (Å²) in [5.41, 5.74) is 0.670. The number of nitrogens with one attached hydrogen (secondary N) is 2. The van der Waals surface area contributed by atoms with E-state index in [2.05, 4.69) is 25.7 Å². The van der Waals surface area contributed by atoms with E-state index in [1.807, 2.05) is 0 Å². The maximum absolute atomic E-state index is 14.0. The van der Waals surface area contributed by atoms with Crippen molar-refractivity contribution in [3.8, 4) is 5.88 Å². The first-order chi connectivity index (χ1) is 13.6. The minimum atomic E-state index is -0.474. The lowest BCUT2D eigenvalue weighted by molar-refractivity contribution is 0.0913. The van der Waals surface area contributed by atoms with Gasteiger partial charge in [-0.15, -0.1) is 0 Å². The Balaban J connectivity index is 1.52. The monoisotopic (exact) mass is 380 g/mol. The molecule has 0 saturated heterocycles. The van der Waals surface area contributed by atoms with E-state index in [9.17, 15) is 9.18 Å². The van der Waals surface area contributed by atoms with Crippen LogP contribution in [-0.4, -0.2) is 37.6 Å². The summed E-state index contributed by atoms with van der Waals surface area (Å²) in [6.07, 6.45) is 7.70. The van der Waals surface area contributed by atoms with E-state index in [1.54, 1.807) is 16.8 Å². The van der Waals surface area contributed by atoms with Crippen LogP contribution in [0.2, 0.25) is 0 Å². The van der Waals surface area contributed by atoms with Gasteiger partial charge in [0, 0.05) is 11.8 Å². The Bertz CT molecular complexity index is 1130. The molecular formula is C19H17FN6O2. The number of fused-ring (bicyclic) bond motifs is 3. The number of carbonyl (C=O) groups excluding carboxylic acids is 1. The Hall–Kier alpha value is -3.23. The van der Waals surface area contributed by atoms with Crippen molar-refractivity contribution in [1.82, 2.24) is 24.9 Å². The first-order valence-corrected chi connectivity index (χ1v) is 9.30. The van der Waals surface area contributed by atoms with Gasteiger partial charge in [0.05, 0.1) is 23.5 Å². The number of anilines is 1. The number of carbonyl (C=O) groups is 1. The van der Waals surface area contributed by atoms with Crippen LogP contribution in [0.25, 0.3) is 5.65 Å². The molecule has 8 nitrogen and oxygen atoms in total. The third-order valence-corrected chi connectivity index (χ3v) is 5.78. The predicted molar refractivity (Wildman–Crippen MR) is 96.6 cm³/mol. The van der Waals surface area contributed by atoms with Gasteiger partial charge in [0.1, 0.15) is 23.8 Å². The number of nitrogens with zero attached hydrogens (tertiary/aromatic N) is 4. The highest BCUT2D eigenvalue weighted by atomic mass is 19.1. The summed E-state index contributed by atoms with van der Waals surface area (Å²) in [5, 5.41) is 10.7. The fourth-order valence-electron chi connectivity index (χ4n) is 3.79. The molecule has 28 heavy (non-hydrogen) atoms. The average Bonchev–Trinajstić information content (AvgIpc) is 3.58. The fourth-order valence-corrected chi connectivity index (χ4v) is 3.79.